The molecule has 2 aromatic heterocycles. The number of carbonyl (C=O) groups is 1. The van der Waals surface area contributed by atoms with E-state index in [0.29, 0.717) is 5.69 Å². The molecule has 0 aliphatic heterocycles. The Bertz CT molecular complexity index is 604. The van der Waals surface area contributed by atoms with Gasteiger partial charge in [0.2, 0.25) is 0 Å². The van der Waals surface area contributed by atoms with Gasteiger partial charge in [0, 0.05) is 13.2 Å². The second-order valence-electron chi connectivity index (χ2n) is 4.33. The summed E-state index contributed by atoms with van der Waals surface area (Å²) in [5, 5.41) is 4.37. The van der Waals surface area contributed by atoms with Gasteiger partial charge in [-0.3, -0.25) is 14.5 Å². The van der Waals surface area contributed by atoms with Crippen molar-refractivity contribution in [3.63, 3.8) is 0 Å². The molecule has 100 valence electrons. The van der Waals surface area contributed by atoms with Crippen molar-refractivity contribution in [2.45, 2.75) is 26.7 Å². The van der Waals surface area contributed by atoms with Crippen LogP contribution < -0.4 is 0 Å². The van der Waals surface area contributed by atoms with Gasteiger partial charge in [-0.1, -0.05) is 6.92 Å². The summed E-state index contributed by atoms with van der Waals surface area (Å²) in [7, 11) is 1.84. The Morgan fingerprint density at radius 3 is 2.63 bits per heavy atom. The molecule has 2 aromatic rings. The highest BCUT2D eigenvalue weighted by Crippen LogP contribution is 2.22. The van der Waals surface area contributed by atoms with E-state index in [1.807, 2.05) is 20.9 Å². The number of hydrogen-bond acceptors (Lipinski definition) is 4. The Balaban J connectivity index is 2.24. The summed E-state index contributed by atoms with van der Waals surface area (Å²) < 4.78 is 2.65. The van der Waals surface area contributed by atoms with Crippen molar-refractivity contribution < 1.29 is 4.79 Å². The molecular weight excluding hydrogens is 308 g/mol. The van der Waals surface area contributed by atoms with E-state index >= 15 is 0 Å². The number of nitrogens with zero attached hydrogens (tertiary/aromatic N) is 4. The first kappa shape index (κ1) is 13.9. The minimum Gasteiger partial charge on any atom is -0.292 e. The third kappa shape index (κ3) is 2.89. The Hall–Kier alpha value is -1.56. The standard InChI is InChI=1S/C13H15BrN4O/c1-4-9-13(14)11(18(3)17-9)5-12(19)10-7-15-8(2)6-16-10/h6-7H,4-5H2,1-3H3. The van der Waals surface area contributed by atoms with E-state index < -0.39 is 0 Å². The molecule has 0 radical (unpaired) electrons. The van der Waals surface area contributed by atoms with Crippen molar-refractivity contribution in [2.75, 3.05) is 0 Å². The predicted octanol–water partition coefficient (Wildman–Crippen LogP) is 2.27. The number of Topliss-reactive ketones (excluding diaryl/α,β-unsaturated/α-hetero) is 1. The first-order chi connectivity index (χ1) is 9.02. The SMILES string of the molecule is CCc1nn(C)c(CC(=O)c2cnc(C)cn2)c1Br. The van der Waals surface area contributed by atoms with Gasteiger partial charge in [-0.2, -0.15) is 5.10 Å². The first-order valence-electron chi connectivity index (χ1n) is 6.05. The molecule has 0 aromatic carbocycles. The molecular formula is C13H15BrN4O. The van der Waals surface area contributed by atoms with E-state index in [9.17, 15) is 4.79 Å². The fourth-order valence-corrected chi connectivity index (χ4v) is 2.55. The Morgan fingerprint density at radius 1 is 1.37 bits per heavy atom. The molecule has 0 saturated heterocycles. The zero-order valence-electron chi connectivity index (χ0n) is 11.1. The lowest BCUT2D eigenvalue weighted by Crippen LogP contribution is -2.10. The van der Waals surface area contributed by atoms with Gasteiger partial charge in [-0.05, 0) is 29.3 Å². The molecule has 0 amide bonds. The van der Waals surface area contributed by atoms with Crippen molar-refractivity contribution in [3.8, 4) is 0 Å². The molecule has 0 fully saturated rings. The van der Waals surface area contributed by atoms with Gasteiger partial charge in [-0.15, -0.1) is 0 Å². The summed E-state index contributed by atoms with van der Waals surface area (Å²) in [4.78, 5) is 20.4. The summed E-state index contributed by atoms with van der Waals surface area (Å²) in [5.74, 6) is -0.0566. The maximum Gasteiger partial charge on any atom is 0.188 e. The Morgan fingerprint density at radius 2 is 2.11 bits per heavy atom. The first-order valence-corrected chi connectivity index (χ1v) is 6.84. The Kier molecular flexibility index (Phi) is 4.09. The van der Waals surface area contributed by atoms with Crippen molar-refractivity contribution in [3.05, 3.63) is 39.6 Å². The smallest absolute Gasteiger partial charge is 0.188 e. The number of halogens is 1. The van der Waals surface area contributed by atoms with Crippen LogP contribution in [0, 0.1) is 6.92 Å². The molecule has 0 atom stereocenters. The summed E-state index contributed by atoms with van der Waals surface area (Å²) >= 11 is 3.50. The zero-order chi connectivity index (χ0) is 14.0. The van der Waals surface area contributed by atoms with Gasteiger partial charge in [0.15, 0.2) is 5.78 Å². The number of aryl methyl sites for hydroxylation is 3. The van der Waals surface area contributed by atoms with Crippen LogP contribution in [0.15, 0.2) is 16.9 Å². The highest BCUT2D eigenvalue weighted by Gasteiger charge is 2.17. The van der Waals surface area contributed by atoms with Crippen molar-refractivity contribution in [1.29, 1.82) is 0 Å². The summed E-state index contributed by atoms with van der Waals surface area (Å²) in [6.07, 6.45) is 4.21. The van der Waals surface area contributed by atoms with E-state index in [-0.39, 0.29) is 12.2 Å². The van der Waals surface area contributed by atoms with Gasteiger partial charge in [-0.25, -0.2) is 4.98 Å². The Labute approximate surface area is 120 Å². The van der Waals surface area contributed by atoms with Crippen LogP contribution in [0.5, 0.6) is 0 Å². The fraction of sp³-hybridized carbons (Fsp3) is 0.385. The van der Waals surface area contributed by atoms with Crippen LogP contribution in [-0.2, 0) is 19.9 Å². The van der Waals surface area contributed by atoms with E-state index in [1.165, 1.54) is 6.20 Å². The van der Waals surface area contributed by atoms with Gasteiger partial charge in [0.05, 0.1) is 34.2 Å². The summed E-state index contributed by atoms with van der Waals surface area (Å²) in [5.41, 5.74) is 3.01. The van der Waals surface area contributed by atoms with Crippen LogP contribution in [-0.4, -0.2) is 25.5 Å². The molecule has 2 heterocycles. The summed E-state index contributed by atoms with van der Waals surface area (Å²) in [6, 6.07) is 0. The molecule has 0 spiro atoms. The number of carbonyl (C=O) groups excluding carboxylic acids is 1. The highest BCUT2D eigenvalue weighted by atomic mass is 79.9. The predicted molar refractivity (Wildman–Crippen MR) is 75.1 cm³/mol. The highest BCUT2D eigenvalue weighted by molar-refractivity contribution is 9.10. The van der Waals surface area contributed by atoms with Crippen LogP contribution in [0.3, 0.4) is 0 Å². The maximum absolute atomic E-state index is 12.2. The molecule has 5 nitrogen and oxygen atoms in total. The third-order valence-corrected chi connectivity index (χ3v) is 3.81. The second kappa shape index (κ2) is 5.61. The topological polar surface area (TPSA) is 60.7 Å². The quantitative estimate of drug-likeness (QED) is 0.810. The summed E-state index contributed by atoms with van der Waals surface area (Å²) in [6.45, 7) is 3.87. The van der Waals surface area contributed by atoms with E-state index in [1.54, 1.807) is 10.9 Å². The van der Waals surface area contributed by atoms with Gasteiger partial charge >= 0.3 is 0 Å². The van der Waals surface area contributed by atoms with Crippen molar-refractivity contribution in [1.82, 2.24) is 19.7 Å². The second-order valence-corrected chi connectivity index (χ2v) is 5.12. The molecule has 0 saturated carbocycles. The molecule has 0 unspecified atom stereocenters. The van der Waals surface area contributed by atoms with Crippen LogP contribution >= 0.6 is 15.9 Å². The lowest BCUT2D eigenvalue weighted by Gasteiger charge is -2.02. The lowest BCUT2D eigenvalue weighted by molar-refractivity contribution is 0.0985. The molecule has 0 aliphatic rings. The largest absolute Gasteiger partial charge is 0.292 e. The van der Waals surface area contributed by atoms with E-state index in [2.05, 4.69) is 31.0 Å². The van der Waals surface area contributed by atoms with Crippen LogP contribution in [0.1, 0.15) is 34.5 Å². The average molecular weight is 323 g/mol. The van der Waals surface area contributed by atoms with Crippen LogP contribution in [0.2, 0.25) is 0 Å². The number of rotatable bonds is 4. The van der Waals surface area contributed by atoms with E-state index in [0.717, 1.165) is 28.0 Å². The van der Waals surface area contributed by atoms with Gasteiger partial charge in [0.1, 0.15) is 5.69 Å². The van der Waals surface area contributed by atoms with Crippen molar-refractivity contribution >= 4 is 21.7 Å². The number of ketones is 1. The number of aromatic nitrogens is 4. The third-order valence-electron chi connectivity index (χ3n) is 2.90. The minimum absolute atomic E-state index is 0.0566. The molecule has 0 aliphatic carbocycles. The van der Waals surface area contributed by atoms with Crippen molar-refractivity contribution in [2.24, 2.45) is 7.05 Å². The monoisotopic (exact) mass is 322 g/mol. The molecule has 6 heteroatoms. The van der Waals surface area contributed by atoms with Crippen LogP contribution in [0.4, 0.5) is 0 Å². The van der Waals surface area contributed by atoms with Gasteiger partial charge in [0.25, 0.3) is 0 Å². The molecule has 0 N–H and O–H groups in total. The van der Waals surface area contributed by atoms with E-state index in [4.69, 9.17) is 0 Å². The zero-order valence-corrected chi connectivity index (χ0v) is 12.7. The normalized spacial score (nSPS) is 10.7. The average Bonchev–Trinajstić information content (AvgIpc) is 2.67. The molecule has 19 heavy (non-hydrogen) atoms. The number of hydrogen-bond donors (Lipinski definition) is 0. The molecule has 2 rings (SSSR count). The van der Waals surface area contributed by atoms with Gasteiger partial charge < -0.3 is 0 Å². The van der Waals surface area contributed by atoms with Crippen LogP contribution in [0.25, 0.3) is 0 Å². The minimum atomic E-state index is -0.0566. The lowest BCUT2D eigenvalue weighted by atomic mass is 10.1. The fourth-order valence-electron chi connectivity index (χ4n) is 1.79. The molecule has 0 bridgehead atoms. The maximum atomic E-state index is 12.2.